The molecule has 4 nitrogen and oxygen atoms in total. The molecular formula is C21H29F3N2O2S. The summed E-state index contributed by atoms with van der Waals surface area (Å²) < 4.78 is 42.6. The molecule has 2 fully saturated rings. The van der Waals surface area contributed by atoms with Gasteiger partial charge in [-0.05, 0) is 36.3 Å². The highest BCUT2D eigenvalue weighted by Gasteiger charge is 2.51. The van der Waals surface area contributed by atoms with Gasteiger partial charge in [0.05, 0.1) is 0 Å². The van der Waals surface area contributed by atoms with Crippen LogP contribution < -0.4 is 10.1 Å². The SMILES string of the molecule is CC(C)(C)SCCN1CC2(CC(CNC(=O)c3cc(F)cc(OC(F)F)c3)C2)C1. The first-order chi connectivity index (χ1) is 13.5. The molecule has 1 aliphatic carbocycles. The molecule has 1 heterocycles. The summed E-state index contributed by atoms with van der Waals surface area (Å²) in [5.41, 5.74) is 0.389. The van der Waals surface area contributed by atoms with Crippen LogP contribution in [-0.2, 0) is 0 Å². The molecule has 8 heteroatoms. The van der Waals surface area contributed by atoms with Crippen molar-refractivity contribution in [1.82, 2.24) is 10.2 Å². The maximum atomic E-state index is 13.5. The van der Waals surface area contributed by atoms with Gasteiger partial charge in [-0.3, -0.25) is 4.79 Å². The van der Waals surface area contributed by atoms with E-state index >= 15 is 0 Å². The molecule has 0 bridgehead atoms. The fourth-order valence-corrected chi connectivity index (χ4v) is 5.27. The minimum absolute atomic E-state index is 0.0131. The van der Waals surface area contributed by atoms with E-state index in [-0.39, 0.29) is 11.3 Å². The van der Waals surface area contributed by atoms with Crippen molar-refractivity contribution in [2.24, 2.45) is 11.3 Å². The van der Waals surface area contributed by atoms with E-state index in [1.807, 2.05) is 11.8 Å². The second-order valence-electron chi connectivity index (χ2n) is 9.21. The zero-order valence-corrected chi connectivity index (χ0v) is 18.0. The van der Waals surface area contributed by atoms with E-state index in [1.165, 1.54) is 0 Å². The molecule has 1 saturated heterocycles. The number of rotatable bonds is 8. The Morgan fingerprint density at radius 1 is 1.31 bits per heavy atom. The predicted molar refractivity (Wildman–Crippen MR) is 109 cm³/mol. The molecule has 29 heavy (non-hydrogen) atoms. The van der Waals surface area contributed by atoms with E-state index in [0.717, 1.165) is 56.4 Å². The smallest absolute Gasteiger partial charge is 0.387 e. The molecule has 1 amide bonds. The summed E-state index contributed by atoms with van der Waals surface area (Å²) in [5, 5.41) is 2.79. The van der Waals surface area contributed by atoms with Crippen LogP contribution in [0.5, 0.6) is 5.75 Å². The highest BCUT2D eigenvalue weighted by atomic mass is 32.2. The first kappa shape index (κ1) is 22.3. The molecule has 0 aromatic heterocycles. The Morgan fingerprint density at radius 3 is 2.62 bits per heavy atom. The molecule has 2 aliphatic rings. The Balaban J connectivity index is 1.37. The zero-order chi connectivity index (χ0) is 21.2. The van der Waals surface area contributed by atoms with Gasteiger partial charge in [0, 0.05) is 48.3 Å². The molecule has 162 valence electrons. The van der Waals surface area contributed by atoms with Crippen molar-refractivity contribution in [3.05, 3.63) is 29.6 Å². The standard InChI is InChI=1S/C21H29F3N2O2S/c1-20(2,3)29-5-4-26-12-21(13-26)9-14(10-21)11-25-18(27)15-6-16(22)8-17(7-15)28-19(23)24/h6-8,14,19H,4-5,9-13H2,1-3H3,(H,25,27). The van der Waals surface area contributed by atoms with E-state index < -0.39 is 18.3 Å². The number of halogens is 3. The van der Waals surface area contributed by atoms with Crippen LogP contribution in [-0.4, -0.2) is 54.1 Å². The van der Waals surface area contributed by atoms with Gasteiger partial charge in [-0.25, -0.2) is 4.39 Å². The Labute approximate surface area is 174 Å². The molecule has 0 unspecified atom stereocenters. The normalized spacial score (nSPS) is 19.1. The van der Waals surface area contributed by atoms with Gasteiger partial charge in [-0.2, -0.15) is 20.5 Å². The van der Waals surface area contributed by atoms with Gasteiger partial charge in [-0.15, -0.1) is 0 Å². The molecule has 1 saturated carbocycles. The summed E-state index contributed by atoms with van der Waals surface area (Å²) in [6.45, 7) is 7.52. The Hall–Kier alpha value is -1.41. The lowest BCUT2D eigenvalue weighted by atomic mass is 9.57. The van der Waals surface area contributed by atoms with Gasteiger partial charge in [0.2, 0.25) is 0 Å². The number of benzene rings is 1. The Morgan fingerprint density at radius 2 is 2.00 bits per heavy atom. The van der Waals surface area contributed by atoms with Crippen LogP contribution in [0.1, 0.15) is 44.0 Å². The number of thioether (sulfide) groups is 1. The lowest BCUT2D eigenvalue weighted by Crippen LogP contribution is -2.63. The van der Waals surface area contributed by atoms with E-state index in [1.54, 1.807) is 0 Å². The van der Waals surface area contributed by atoms with Crippen molar-refractivity contribution in [3.63, 3.8) is 0 Å². The third-order valence-electron chi connectivity index (χ3n) is 5.41. The van der Waals surface area contributed by atoms with Crippen molar-refractivity contribution < 1.29 is 22.7 Å². The lowest BCUT2D eigenvalue weighted by molar-refractivity contribution is -0.0896. The summed E-state index contributed by atoms with van der Waals surface area (Å²) in [4.78, 5) is 14.7. The van der Waals surface area contributed by atoms with Gasteiger partial charge in [0.25, 0.3) is 5.91 Å². The molecule has 0 atom stereocenters. The van der Waals surface area contributed by atoms with Gasteiger partial charge in [0.1, 0.15) is 11.6 Å². The molecule has 1 aromatic rings. The lowest BCUT2D eigenvalue weighted by Gasteiger charge is -2.59. The molecule has 1 aliphatic heterocycles. The van der Waals surface area contributed by atoms with Gasteiger partial charge < -0.3 is 15.0 Å². The molecule has 1 N–H and O–H groups in total. The Bertz CT molecular complexity index is 725. The average Bonchev–Trinajstić information content (AvgIpc) is 2.51. The number of alkyl halides is 2. The monoisotopic (exact) mass is 430 g/mol. The maximum Gasteiger partial charge on any atom is 0.387 e. The van der Waals surface area contributed by atoms with Crippen molar-refractivity contribution in [2.45, 2.75) is 45.0 Å². The van der Waals surface area contributed by atoms with Crippen LogP contribution >= 0.6 is 11.8 Å². The second kappa shape index (κ2) is 8.76. The second-order valence-corrected chi connectivity index (χ2v) is 11.1. The number of likely N-dealkylation sites (tertiary alicyclic amines) is 1. The third-order valence-corrected chi connectivity index (χ3v) is 6.67. The van der Waals surface area contributed by atoms with Crippen molar-refractivity contribution in [3.8, 4) is 5.75 Å². The predicted octanol–water partition coefficient (Wildman–Crippen LogP) is 4.40. The van der Waals surface area contributed by atoms with Crippen molar-refractivity contribution >= 4 is 17.7 Å². The summed E-state index contributed by atoms with van der Waals surface area (Å²) in [6.07, 6.45) is 2.16. The van der Waals surface area contributed by atoms with E-state index in [2.05, 4.69) is 35.7 Å². The number of carbonyl (C=O) groups excluding carboxylic acids is 1. The summed E-state index contributed by atoms with van der Waals surface area (Å²) in [6, 6.07) is 2.99. The van der Waals surface area contributed by atoms with Gasteiger partial charge >= 0.3 is 6.61 Å². The number of nitrogens with zero attached hydrogens (tertiary/aromatic N) is 1. The molecular weight excluding hydrogens is 401 g/mol. The molecule has 1 aromatic carbocycles. The highest BCUT2D eigenvalue weighted by molar-refractivity contribution is 8.00. The summed E-state index contributed by atoms with van der Waals surface area (Å²) in [5.74, 6) is -0.0549. The van der Waals surface area contributed by atoms with Gasteiger partial charge in [-0.1, -0.05) is 20.8 Å². The number of nitrogens with one attached hydrogen (secondary N) is 1. The van der Waals surface area contributed by atoms with Crippen LogP contribution in [0, 0.1) is 17.2 Å². The molecule has 3 rings (SSSR count). The van der Waals surface area contributed by atoms with Crippen molar-refractivity contribution in [2.75, 3.05) is 31.9 Å². The van der Waals surface area contributed by atoms with Crippen LogP contribution in [0.15, 0.2) is 18.2 Å². The third kappa shape index (κ3) is 6.28. The number of hydrogen-bond acceptors (Lipinski definition) is 4. The number of carbonyl (C=O) groups is 1. The minimum atomic E-state index is -3.06. The summed E-state index contributed by atoms with van der Waals surface area (Å²) >= 11 is 1.99. The summed E-state index contributed by atoms with van der Waals surface area (Å²) in [7, 11) is 0. The van der Waals surface area contributed by atoms with E-state index in [0.29, 0.717) is 22.6 Å². The zero-order valence-electron chi connectivity index (χ0n) is 17.1. The van der Waals surface area contributed by atoms with Gasteiger partial charge in [0.15, 0.2) is 0 Å². The van der Waals surface area contributed by atoms with E-state index in [9.17, 15) is 18.0 Å². The number of amides is 1. The number of ether oxygens (including phenoxy) is 1. The van der Waals surface area contributed by atoms with Crippen LogP contribution in [0.2, 0.25) is 0 Å². The van der Waals surface area contributed by atoms with Crippen LogP contribution in [0.4, 0.5) is 13.2 Å². The molecule has 0 radical (unpaired) electrons. The number of hydrogen-bond donors (Lipinski definition) is 1. The quantitative estimate of drug-likeness (QED) is 0.664. The maximum absolute atomic E-state index is 13.5. The first-order valence-electron chi connectivity index (χ1n) is 9.94. The fraction of sp³-hybridized carbons (Fsp3) is 0.667. The largest absolute Gasteiger partial charge is 0.435 e. The fourth-order valence-electron chi connectivity index (χ4n) is 4.31. The van der Waals surface area contributed by atoms with E-state index in [4.69, 9.17) is 0 Å². The Kier molecular flexibility index (Phi) is 6.73. The molecule has 1 spiro atoms. The highest BCUT2D eigenvalue weighted by Crippen LogP contribution is 2.51. The van der Waals surface area contributed by atoms with Crippen LogP contribution in [0.25, 0.3) is 0 Å². The minimum Gasteiger partial charge on any atom is -0.435 e. The topological polar surface area (TPSA) is 41.6 Å². The van der Waals surface area contributed by atoms with Crippen LogP contribution in [0.3, 0.4) is 0 Å². The first-order valence-corrected chi connectivity index (χ1v) is 10.9. The van der Waals surface area contributed by atoms with Crippen molar-refractivity contribution in [1.29, 1.82) is 0 Å². The average molecular weight is 431 g/mol.